The minimum Gasteiger partial charge on any atom is -0.435 e. The zero-order valence-corrected chi connectivity index (χ0v) is 14.0. The molecule has 0 heterocycles. The maximum atomic E-state index is 11.8. The lowest BCUT2D eigenvalue weighted by atomic mass is 9.91. The van der Waals surface area contributed by atoms with Gasteiger partial charge in [-0.3, -0.25) is 9.59 Å². The zero-order valence-electron chi connectivity index (χ0n) is 14.0. The Morgan fingerprint density at radius 1 is 1.22 bits per heavy atom. The Morgan fingerprint density at radius 2 is 1.83 bits per heavy atom. The normalized spacial score (nSPS) is 16.5. The summed E-state index contributed by atoms with van der Waals surface area (Å²) >= 11 is 0. The summed E-state index contributed by atoms with van der Waals surface area (Å²) < 4.78 is 16.2. The van der Waals surface area contributed by atoms with E-state index in [1.54, 1.807) is 0 Å². The number of nitrogens with one attached hydrogen (secondary N) is 1. The van der Waals surface area contributed by atoms with E-state index < -0.39 is 6.29 Å². The van der Waals surface area contributed by atoms with Crippen LogP contribution in [0.4, 0.5) is 0 Å². The molecular formula is C17H27NO5. The van der Waals surface area contributed by atoms with Gasteiger partial charge in [0, 0.05) is 31.1 Å². The molecule has 1 fully saturated rings. The van der Waals surface area contributed by atoms with Gasteiger partial charge in [0.2, 0.25) is 5.91 Å². The quantitative estimate of drug-likeness (QED) is 0.258. The maximum absolute atomic E-state index is 11.8. The molecule has 6 nitrogen and oxygen atoms in total. The van der Waals surface area contributed by atoms with Crippen molar-refractivity contribution in [3.8, 4) is 0 Å². The SMILES string of the molecule is C=COC(=O)CCC(NC(=O)C=C)C1(C(OCC)OCC)CC1. The molecule has 130 valence electrons. The number of ether oxygens (including phenoxy) is 3. The lowest BCUT2D eigenvalue weighted by molar-refractivity contribution is -0.183. The van der Waals surface area contributed by atoms with Crippen LogP contribution in [0.1, 0.15) is 39.5 Å². The Kier molecular flexibility index (Phi) is 7.98. The number of amides is 1. The van der Waals surface area contributed by atoms with Gasteiger partial charge in [-0.1, -0.05) is 13.2 Å². The second-order valence-corrected chi connectivity index (χ2v) is 5.44. The van der Waals surface area contributed by atoms with Gasteiger partial charge in [-0.15, -0.1) is 0 Å². The van der Waals surface area contributed by atoms with Crippen LogP contribution < -0.4 is 5.32 Å². The number of esters is 1. The molecule has 0 radical (unpaired) electrons. The molecule has 1 aliphatic carbocycles. The van der Waals surface area contributed by atoms with Gasteiger partial charge in [0.1, 0.15) is 0 Å². The van der Waals surface area contributed by atoms with Gasteiger partial charge in [0.25, 0.3) is 0 Å². The first-order chi connectivity index (χ1) is 11.0. The first kappa shape index (κ1) is 19.4. The second-order valence-electron chi connectivity index (χ2n) is 5.44. The summed E-state index contributed by atoms with van der Waals surface area (Å²) in [6.45, 7) is 11.7. The number of hydrogen-bond acceptors (Lipinski definition) is 5. The van der Waals surface area contributed by atoms with E-state index in [1.807, 2.05) is 13.8 Å². The van der Waals surface area contributed by atoms with Crippen LogP contribution in [0.25, 0.3) is 0 Å². The highest BCUT2D eigenvalue weighted by atomic mass is 16.7. The molecule has 0 aliphatic heterocycles. The maximum Gasteiger partial charge on any atom is 0.310 e. The van der Waals surface area contributed by atoms with E-state index in [0.29, 0.717) is 19.6 Å². The average Bonchev–Trinajstić information content (AvgIpc) is 3.33. The second kappa shape index (κ2) is 9.47. The van der Waals surface area contributed by atoms with Gasteiger partial charge < -0.3 is 19.5 Å². The van der Waals surface area contributed by atoms with Crippen LogP contribution in [0.3, 0.4) is 0 Å². The summed E-state index contributed by atoms with van der Waals surface area (Å²) in [6.07, 6.45) is 4.30. The molecule has 6 heteroatoms. The van der Waals surface area contributed by atoms with Gasteiger partial charge in [-0.2, -0.15) is 0 Å². The third kappa shape index (κ3) is 5.48. The van der Waals surface area contributed by atoms with E-state index in [4.69, 9.17) is 14.2 Å². The molecule has 0 aromatic carbocycles. The minimum atomic E-state index is -0.400. The van der Waals surface area contributed by atoms with Crippen molar-refractivity contribution in [2.24, 2.45) is 5.41 Å². The molecule has 1 amide bonds. The van der Waals surface area contributed by atoms with Gasteiger partial charge in [-0.25, -0.2) is 0 Å². The van der Waals surface area contributed by atoms with Crippen LogP contribution in [0, 0.1) is 5.41 Å². The third-order valence-electron chi connectivity index (χ3n) is 3.98. The first-order valence-electron chi connectivity index (χ1n) is 8.00. The molecule has 0 bridgehead atoms. The molecule has 1 rings (SSSR count). The van der Waals surface area contributed by atoms with E-state index in [-0.39, 0.29) is 29.8 Å². The fraction of sp³-hybridized carbons (Fsp3) is 0.647. The monoisotopic (exact) mass is 325 g/mol. The standard InChI is InChI=1S/C17H27NO5/c1-5-14(19)18-13(9-10-15(20)21-6-2)17(11-12-17)16(22-7-3)23-8-4/h5-6,13,16H,1-2,7-12H2,3-4H3,(H,18,19). The van der Waals surface area contributed by atoms with Gasteiger partial charge in [0.05, 0.1) is 6.26 Å². The fourth-order valence-electron chi connectivity index (χ4n) is 2.72. The van der Waals surface area contributed by atoms with Crippen LogP contribution in [0.15, 0.2) is 25.5 Å². The van der Waals surface area contributed by atoms with Crippen LogP contribution >= 0.6 is 0 Å². The highest BCUT2D eigenvalue weighted by Crippen LogP contribution is 2.54. The van der Waals surface area contributed by atoms with Crippen LogP contribution in [-0.4, -0.2) is 37.4 Å². The van der Waals surface area contributed by atoms with Crippen molar-refractivity contribution in [3.63, 3.8) is 0 Å². The Labute approximate surface area is 137 Å². The van der Waals surface area contributed by atoms with Crippen molar-refractivity contribution in [2.45, 2.75) is 51.9 Å². The van der Waals surface area contributed by atoms with E-state index in [2.05, 4.69) is 18.5 Å². The van der Waals surface area contributed by atoms with Crippen LogP contribution in [0.5, 0.6) is 0 Å². The zero-order chi connectivity index (χ0) is 17.3. The Morgan fingerprint density at radius 3 is 2.26 bits per heavy atom. The molecule has 0 saturated heterocycles. The molecular weight excluding hydrogens is 298 g/mol. The van der Waals surface area contributed by atoms with Gasteiger partial charge in [0.15, 0.2) is 6.29 Å². The molecule has 1 atom stereocenters. The molecule has 1 aliphatic rings. The molecule has 1 N–H and O–H groups in total. The van der Waals surface area contributed by atoms with E-state index in [0.717, 1.165) is 19.1 Å². The molecule has 23 heavy (non-hydrogen) atoms. The Bertz CT molecular complexity index is 425. The number of carbonyl (C=O) groups excluding carboxylic acids is 2. The third-order valence-corrected chi connectivity index (χ3v) is 3.98. The van der Waals surface area contributed by atoms with Gasteiger partial charge in [-0.05, 0) is 39.2 Å². The molecule has 1 unspecified atom stereocenters. The lowest BCUT2D eigenvalue weighted by Crippen LogP contribution is -2.48. The molecule has 1 saturated carbocycles. The minimum absolute atomic E-state index is 0.181. The summed E-state index contributed by atoms with van der Waals surface area (Å²) in [5, 5.41) is 2.91. The summed E-state index contributed by atoms with van der Waals surface area (Å²) in [4.78, 5) is 23.3. The summed E-state index contributed by atoms with van der Waals surface area (Å²) in [5.74, 6) is -0.650. The summed E-state index contributed by atoms with van der Waals surface area (Å²) in [7, 11) is 0. The van der Waals surface area contributed by atoms with E-state index in [1.165, 1.54) is 6.08 Å². The van der Waals surface area contributed by atoms with E-state index >= 15 is 0 Å². The Balaban J connectivity index is 2.83. The van der Waals surface area contributed by atoms with Crippen LogP contribution in [0.2, 0.25) is 0 Å². The van der Waals surface area contributed by atoms with Crippen molar-refractivity contribution in [2.75, 3.05) is 13.2 Å². The molecule has 0 aromatic rings. The van der Waals surface area contributed by atoms with Crippen molar-refractivity contribution in [1.82, 2.24) is 5.32 Å². The first-order valence-corrected chi connectivity index (χ1v) is 8.00. The van der Waals surface area contributed by atoms with Crippen molar-refractivity contribution in [3.05, 3.63) is 25.5 Å². The predicted molar refractivity (Wildman–Crippen MR) is 86.4 cm³/mol. The largest absolute Gasteiger partial charge is 0.435 e. The smallest absolute Gasteiger partial charge is 0.310 e. The average molecular weight is 325 g/mol. The van der Waals surface area contributed by atoms with E-state index in [9.17, 15) is 9.59 Å². The Hall–Kier alpha value is -1.66. The van der Waals surface area contributed by atoms with Crippen molar-refractivity contribution in [1.29, 1.82) is 0 Å². The number of hydrogen-bond donors (Lipinski definition) is 1. The number of carbonyl (C=O) groups is 2. The fourth-order valence-corrected chi connectivity index (χ4v) is 2.72. The molecule has 0 spiro atoms. The van der Waals surface area contributed by atoms with Crippen molar-refractivity contribution >= 4 is 11.9 Å². The summed E-state index contributed by atoms with van der Waals surface area (Å²) in [5.41, 5.74) is -0.306. The predicted octanol–water partition coefficient (Wildman–Crippen LogP) is 2.30. The van der Waals surface area contributed by atoms with Crippen molar-refractivity contribution < 1.29 is 23.8 Å². The summed E-state index contributed by atoms with van der Waals surface area (Å²) in [6, 6.07) is -0.242. The lowest BCUT2D eigenvalue weighted by Gasteiger charge is -2.33. The number of rotatable bonds is 12. The topological polar surface area (TPSA) is 73.9 Å². The van der Waals surface area contributed by atoms with Gasteiger partial charge >= 0.3 is 5.97 Å². The molecule has 0 aromatic heterocycles. The highest BCUT2D eigenvalue weighted by Gasteiger charge is 2.56. The van der Waals surface area contributed by atoms with Crippen LogP contribution in [-0.2, 0) is 23.8 Å². The highest BCUT2D eigenvalue weighted by molar-refractivity contribution is 5.87.